The van der Waals surface area contributed by atoms with Crippen molar-refractivity contribution in [1.82, 2.24) is 5.32 Å². The summed E-state index contributed by atoms with van der Waals surface area (Å²) in [5.41, 5.74) is 1.60. The van der Waals surface area contributed by atoms with E-state index in [2.05, 4.69) is 43.4 Å². The van der Waals surface area contributed by atoms with Gasteiger partial charge in [0.1, 0.15) is 0 Å². The average molecular weight is 277 g/mol. The highest BCUT2D eigenvalue weighted by atomic mass is 32.2. The maximum Gasteiger partial charge on any atom is 0.0107 e. The maximum absolute atomic E-state index is 3.61. The Morgan fingerprint density at radius 1 is 1.26 bits per heavy atom. The van der Waals surface area contributed by atoms with Crippen LogP contribution in [-0.4, -0.2) is 18.8 Å². The molecule has 2 rings (SSSR count). The van der Waals surface area contributed by atoms with Gasteiger partial charge in [-0.05, 0) is 55.8 Å². The normalized spacial score (nSPS) is 19.4. The van der Waals surface area contributed by atoms with Gasteiger partial charge in [0.25, 0.3) is 0 Å². The van der Waals surface area contributed by atoms with Crippen LogP contribution in [0.4, 0.5) is 0 Å². The second-order valence-corrected chi connectivity index (χ2v) is 6.70. The number of fused-ring (bicyclic) bond motifs is 1. The van der Waals surface area contributed by atoms with Crippen molar-refractivity contribution < 1.29 is 0 Å². The second-order valence-electron chi connectivity index (χ2n) is 5.64. The summed E-state index contributed by atoms with van der Waals surface area (Å²) in [5, 5.41) is 3.61. The van der Waals surface area contributed by atoms with Gasteiger partial charge >= 0.3 is 0 Å². The predicted octanol–water partition coefficient (Wildman–Crippen LogP) is 4.68. The van der Waals surface area contributed by atoms with Gasteiger partial charge < -0.3 is 5.32 Å². The predicted molar refractivity (Wildman–Crippen MR) is 86.1 cm³/mol. The number of nitrogens with one attached hydrogen (secondary N) is 1. The van der Waals surface area contributed by atoms with E-state index in [1.165, 1.54) is 42.9 Å². The fraction of sp³-hybridized carbons (Fsp3) is 0.647. The summed E-state index contributed by atoms with van der Waals surface area (Å²) in [6, 6.07) is 8.98. The highest BCUT2D eigenvalue weighted by molar-refractivity contribution is 7.99. The van der Waals surface area contributed by atoms with Crippen molar-refractivity contribution in [1.29, 1.82) is 0 Å². The minimum atomic E-state index is 0.779. The molecule has 1 aliphatic heterocycles. The molecular weight excluding hydrogens is 250 g/mol. The monoisotopic (exact) mass is 277 g/mol. The van der Waals surface area contributed by atoms with Crippen LogP contribution in [0.25, 0.3) is 0 Å². The van der Waals surface area contributed by atoms with Gasteiger partial charge in [-0.2, -0.15) is 0 Å². The molecule has 106 valence electrons. The topological polar surface area (TPSA) is 12.0 Å². The van der Waals surface area contributed by atoms with E-state index < -0.39 is 0 Å². The zero-order chi connectivity index (χ0) is 13.5. The standard InChI is InChI=1S/C17H27NS/c1-3-7-14(12-18-10-4-2)11-15-13-19-17-9-6-5-8-16(15)17/h5-6,8-9,14-15,18H,3-4,7,10-13H2,1-2H3. The van der Waals surface area contributed by atoms with E-state index in [1.807, 2.05) is 11.8 Å². The third-order valence-electron chi connectivity index (χ3n) is 3.97. The summed E-state index contributed by atoms with van der Waals surface area (Å²) in [6.45, 7) is 6.91. The molecule has 0 saturated carbocycles. The molecule has 1 N–H and O–H groups in total. The Bertz CT molecular complexity index is 377. The largest absolute Gasteiger partial charge is 0.316 e. The summed E-state index contributed by atoms with van der Waals surface area (Å²) >= 11 is 2.04. The van der Waals surface area contributed by atoms with Crippen molar-refractivity contribution in [2.24, 2.45) is 5.92 Å². The van der Waals surface area contributed by atoms with E-state index in [9.17, 15) is 0 Å². The van der Waals surface area contributed by atoms with E-state index in [4.69, 9.17) is 0 Å². The maximum atomic E-state index is 3.61. The molecule has 0 spiro atoms. The lowest BCUT2D eigenvalue weighted by atomic mass is 9.88. The first-order chi connectivity index (χ1) is 9.35. The highest BCUT2D eigenvalue weighted by Gasteiger charge is 2.25. The number of hydrogen-bond acceptors (Lipinski definition) is 2. The average Bonchev–Trinajstić information content (AvgIpc) is 2.83. The van der Waals surface area contributed by atoms with Gasteiger partial charge in [-0.3, -0.25) is 0 Å². The first-order valence-electron chi connectivity index (χ1n) is 7.77. The van der Waals surface area contributed by atoms with Crippen LogP contribution < -0.4 is 5.32 Å². The molecule has 0 fully saturated rings. The first-order valence-corrected chi connectivity index (χ1v) is 8.76. The lowest BCUT2D eigenvalue weighted by Crippen LogP contribution is -2.25. The molecular formula is C17H27NS. The van der Waals surface area contributed by atoms with Crippen LogP contribution in [0.5, 0.6) is 0 Å². The molecule has 0 saturated heterocycles. The number of thioether (sulfide) groups is 1. The number of hydrogen-bond donors (Lipinski definition) is 1. The van der Waals surface area contributed by atoms with Gasteiger partial charge in [0.2, 0.25) is 0 Å². The molecule has 1 aromatic carbocycles. The lowest BCUT2D eigenvalue weighted by molar-refractivity contribution is 0.392. The Labute approximate surface area is 122 Å². The third-order valence-corrected chi connectivity index (χ3v) is 5.23. The molecule has 2 unspecified atom stereocenters. The van der Waals surface area contributed by atoms with Crippen LogP contribution in [0.15, 0.2) is 29.2 Å². The molecule has 0 radical (unpaired) electrons. The summed E-state index contributed by atoms with van der Waals surface area (Å²) < 4.78 is 0. The van der Waals surface area contributed by atoms with Gasteiger partial charge in [0, 0.05) is 10.6 Å². The van der Waals surface area contributed by atoms with Crippen molar-refractivity contribution in [3.63, 3.8) is 0 Å². The van der Waals surface area contributed by atoms with E-state index in [0.717, 1.165) is 18.4 Å². The van der Waals surface area contributed by atoms with E-state index in [0.29, 0.717) is 0 Å². The third kappa shape index (κ3) is 4.25. The molecule has 1 aromatic rings. The van der Waals surface area contributed by atoms with Gasteiger partial charge in [0.05, 0.1) is 0 Å². The highest BCUT2D eigenvalue weighted by Crippen LogP contribution is 2.42. The molecule has 0 bridgehead atoms. The van der Waals surface area contributed by atoms with E-state index in [1.54, 1.807) is 5.56 Å². The van der Waals surface area contributed by atoms with Gasteiger partial charge in [-0.1, -0.05) is 38.5 Å². The molecule has 2 heteroatoms. The summed E-state index contributed by atoms with van der Waals surface area (Å²) in [5.74, 6) is 2.90. The quantitative estimate of drug-likeness (QED) is 0.692. The fourth-order valence-electron chi connectivity index (χ4n) is 3.02. The molecule has 1 heterocycles. The van der Waals surface area contributed by atoms with Crippen molar-refractivity contribution in [2.75, 3.05) is 18.8 Å². The Morgan fingerprint density at radius 2 is 2.11 bits per heavy atom. The van der Waals surface area contributed by atoms with Gasteiger partial charge in [0.15, 0.2) is 0 Å². The van der Waals surface area contributed by atoms with Crippen molar-refractivity contribution >= 4 is 11.8 Å². The zero-order valence-electron chi connectivity index (χ0n) is 12.3. The smallest absolute Gasteiger partial charge is 0.0107 e. The first kappa shape index (κ1) is 14.9. The Kier molecular flexibility index (Phi) is 6.25. The summed E-state index contributed by atoms with van der Waals surface area (Å²) in [7, 11) is 0. The molecule has 1 nitrogen and oxygen atoms in total. The fourth-order valence-corrected chi connectivity index (χ4v) is 4.29. The molecule has 0 aliphatic carbocycles. The van der Waals surface area contributed by atoms with Crippen LogP contribution in [0.2, 0.25) is 0 Å². The Balaban J connectivity index is 1.90. The van der Waals surface area contributed by atoms with Crippen LogP contribution in [0, 0.1) is 5.92 Å². The van der Waals surface area contributed by atoms with Crippen LogP contribution in [0.3, 0.4) is 0 Å². The molecule has 0 aromatic heterocycles. The van der Waals surface area contributed by atoms with Crippen LogP contribution in [-0.2, 0) is 0 Å². The minimum Gasteiger partial charge on any atom is -0.316 e. The van der Waals surface area contributed by atoms with Crippen molar-refractivity contribution in [3.05, 3.63) is 29.8 Å². The molecule has 19 heavy (non-hydrogen) atoms. The Morgan fingerprint density at radius 3 is 2.89 bits per heavy atom. The van der Waals surface area contributed by atoms with Crippen LogP contribution >= 0.6 is 11.8 Å². The molecule has 0 amide bonds. The second kappa shape index (κ2) is 7.96. The minimum absolute atomic E-state index is 0.779. The van der Waals surface area contributed by atoms with Crippen LogP contribution in [0.1, 0.15) is 51.0 Å². The summed E-state index contributed by atoms with van der Waals surface area (Å²) in [6.07, 6.45) is 5.26. The van der Waals surface area contributed by atoms with Crippen molar-refractivity contribution in [2.45, 2.75) is 50.3 Å². The lowest BCUT2D eigenvalue weighted by Gasteiger charge is -2.21. The van der Waals surface area contributed by atoms with Crippen molar-refractivity contribution in [3.8, 4) is 0 Å². The van der Waals surface area contributed by atoms with E-state index >= 15 is 0 Å². The SMILES string of the molecule is CCCNCC(CCC)CC1CSc2ccccc21. The van der Waals surface area contributed by atoms with Gasteiger partial charge in [-0.25, -0.2) is 0 Å². The molecule has 1 aliphatic rings. The zero-order valence-corrected chi connectivity index (χ0v) is 13.1. The van der Waals surface area contributed by atoms with E-state index in [-0.39, 0.29) is 0 Å². The number of rotatable bonds is 8. The molecule has 2 atom stereocenters. The van der Waals surface area contributed by atoms with Gasteiger partial charge in [-0.15, -0.1) is 11.8 Å². The summed E-state index contributed by atoms with van der Waals surface area (Å²) in [4.78, 5) is 1.52. The number of benzene rings is 1. The Hall–Kier alpha value is -0.470.